The van der Waals surface area contributed by atoms with E-state index in [1.165, 1.54) is 25.7 Å². The molecule has 1 aliphatic carbocycles. The van der Waals surface area contributed by atoms with Gasteiger partial charge in [0.2, 0.25) is 0 Å². The van der Waals surface area contributed by atoms with Crippen LogP contribution in [0.25, 0.3) is 0 Å². The average molecular weight is 361 g/mol. The second-order valence-corrected chi connectivity index (χ2v) is 7.19. The van der Waals surface area contributed by atoms with Crippen molar-refractivity contribution in [3.8, 4) is 0 Å². The predicted molar refractivity (Wildman–Crippen MR) is 88.9 cm³/mol. The van der Waals surface area contributed by atoms with E-state index in [1.807, 2.05) is 12.1 Å². The molecular weight excluding hydrogens is 338 g/mol. The van der Waals surface area contributed by atoms with E-state index in [-0.39, 0.29) is 11.6 Å². The zero-order valence-corrected chi connectivity index (χ0v) is 14.5. The number of hydrogen-bond donors (Lipinski definition) is 2. The Morgan fingerprint density at radius 1 is 1.40 bits per heavy atom. The second-order valence-electron chi connectivity index (χ2n) is 5.86. The molecule has 0 heterocycles. The standard InChI is InChI=1S/C15H23BrClN3/c1-20(2)15(7-3-4-8-15)14(19-18)9-11-5-6-12(16)10-13(11)17/h5-6,10,14,19H,3-4,7-9,18H2,1-2H3. The van der Waals surface area contributed by atoms with Crippen LogP contribution in [0.15, 0.2) is 22.7 Å². The molecule has 112 valence electrons. The minimum absolute atomic E-state index is 0.130. The van der Waals surface area contributed by atoms with Crippen molar-refractivity contribution in [2.24, 2.45) is 5.84 Å². The lowest BCUT2D eigenvalue weighted by molar-refractivity contribution is 0.104. The van der Waals surface area contributed by atoms with Crippen molar-refractivity contribution in [3.05, 3.63) is 33.3 Å². The summed E-state index contributed by atoms with van der Waals surface area (Å²) < 4.78 is 1.01. The molecule has 0 saturated heterocycles. The maximum Gasteiger partial charge on any atom is 0.0449 e. The molecule has 1 atom stereocenters. The summed E-state index contributed by atoms with van der Waals surface area (Å²) in [6.45, 7) is 0. The zero-order valence-electron chi connectivity index (χ0n) is 12.1. The van der Waals surface area contributed by atoms with Crippen molar-refractivity contribution in [2.75, 3.05) is 14.1 Å². The molecule has 0 spiro atoms. The summed E-state index contributed by atoms with van der Waals surface area (Å²) in [5.74, 6) is 5.87. The molecular formula is C15H23BrClN3. The van der Waals surface area contributed by atoms with Crippen molar-refractivity contribution in [3.63, 3.8) is 0 Å². The van der Waals surface area contributed by atoms with Gasteiger partial charge >= 0.3 is 0 Å². The summed E-state index contributed by atoms with van der Waals surface area (Å²) in [6.07, 6.45) is 5.75. The summed E-state index contributed by atoms with van der Waals surface area (Å²) in [5, 5.41) is 0.798. The van der Waals surface area contributed by atoms with E-state index in [2.05, 4.69) is 46.4 Å². The summed E-state index contributed by atoms with van der Waals surface area (Å²) in [4.78, 5) is 2.33. The van der Waals surface area contributed by atoms with Crippen molar-refractivity contribution in [2.45, 2.75) is 43.7 Å². The van der Waals surface area contributed by atoms with E-state index < -0.39 is 0 Å². The highest BCUT2D eigenvalue weighted by Crippen LogP contribution is 2.38. The van der Waals surface area contributed by atoms with Crippen LogP contribution in [0.1, 0.15) is 31.2 Å². The molecule has 0 aliphatic heterocycles. The molecule has 2 rings (SSSR count). The number of hydrogen-bond acceptors (Lipinski definition) is 3. The van der Waals surface area contributed by atoms with Crippen LogP contribution in [0.3, 0.4) is 0 Å². The van der Waals surface area contributed by atoms with Crippen LogP contribution in [0.5, 0.6) is 0 Å². The zero-order chi connectivity index (χ0) is 14.8. The Bertz CT molecular complexity index is 458. The number of nitrogens with one attached hydrogen (secondary N) is 1. The van der Waals surface area contributed by atoms with Gasteiger partial charge in [-0.25, -0.2) is 0 Å². The fraction of sp³-hybridized carbons (Fsp3) is 0.600. The highest BCUT2D eigenvalue weighted by atomic mass is 79.9. The van der Waals surface area contributed by atoms with Gasteiger partial charge < -0.3 is 4.90 Å². The number of hydrazine groups is 1. The van der Waals surface area contributed by atoms with Crippen LogP contribution < -0.4 is 11.3 Å². The Kier molecular flexibility index (Phi) is 5.49. The molecule has 1 unspecified atom stereocenters. The molecule has 0 radical (unpaired) electrons. The first-order chi connectivity index (χ1) is 9.49. The van der Waals surface area contributed by atoms with E-state index in [0.29, 0.717) is 0 Å². The topological polar surface area (TPSA) is 41.3 Å². The van der Waals surface area contributed by atoms with E-state index >= 15 is 0 Å². The van der Waals surface area contributed by atoms with Gasteiger partial charge in [-0.05, 0) is 51.1 Å². The van der Waals surface area contributed by atoms with Crippen LogP contribution in [0, 0.1) is 0 Å². The Morgan fingerprint density at radius 3 is 2.55 bits per heavy atom. The SMILES string of the molecule is CN(C)C1(C(Cc2ccc(Br)cc2Cl)NN)CCCC1. The Balaban J connectivity index is 2.23. The third-order valence-corrected chi connectivity index (χ3v) is 5.49. The predicted octanol–water partition coefficient (Wildman–Crippen LogP) is 3.35. The van der Waals surface area contributed by atoms with Gasteiger partial charge in [0.05, 0.1) is 0 Å². The maximum absolute atomic E-state index is 6.35. The molecule has 1 aromatic rings. The molecule has 0 amide bonds. The van der Waals surface area contributed by atoms with E-state index in [4.69, 9.17) is 17.4 Å². The number of likely N-dealkylation sites (N-methyl/N-ethyl adjacent to an activating group) is 1. The Morgan fingerprint density at radius 2 is 2.05 bits per heavy atom. The average Bonchev–Trinajstić information content (AvgIpc) is 2.88. The Labute approximate surface area is 135 Å². The highest BCUT2D eigenvalue weighted by molar-refractivity contribution is 9.10. The normalized spacial score (nSPS) is 19.5. The monoisotopic (exact) mass is 359 g/mol. The smallest absolute Gasteiger partial charge is 0.0449 e. The van der Waals surface area contributed by atoms with Gasteiger partial charge in [0.15, 0.2) is 0 Å². The third kappa shape index (κ3) is 3.20. The lowest BCUT2D eigenvalue weighted by Gasteiger charge is -2.43. The van der Waals surface area contributed by atoms with Gasteiger partial charge in [0.1, 0.15) is 0 Å². The quantitative estimate of drug-likeness (QED) is 0.625. The van der Waals surface area contributed by atoms with Gasteiger partial charge in [-0.3, -0.25) is 11.3 Å². The third-order valence-electron chi connectivity index (χ3n) is 4.65. The van der Waals surface area contributed by atoms with Crippen molar-refractivity contribution in [1.29, 1.82) is 0 Å². The van der Waals surface area contributed by atoms with Crippen LogP contribution in [0.4, 0.5) is 0 Å². The molecule has 3 nitrogen and oxygen atoms in total. The van der Waals surface area contributed by atoms with Gasteiger partial charge in [-0.2, -0.15) is 0 Å². The highest BCUT2D eigenvalue weighted by Gasteiger charge is 2.42. The largest absolute Gasteiger partial charge is 0.302 e. The molecule has 3 N–H and O–H groups in total. The molecule has 1 aromatic carbocycles. The van der Waals surface area contributed by atoms with E-state index in [1.54, 1.807) is 0 Å². The summed E-state index contributed by atoms with van der Waals surface area (Å²) in [6, 6.07) is 6.26. The minimum Gasteiger partial charge on any atom is -0.302 e. The molecule has 20 heavy (non-hydrogen) atoms. The minimum atomic E-state index is 0.130. The first-order valence-electron chi connectivity index (χ1n) is 7.07. The summed E-state index contributed by atoms with van der Waals surface area (Å²) >= 11 is 9.80. The van der Waals surface area contributed by atoms with Gasteiger partial charge in [0.25, 0.3) is 0 Å². The lowest BCUT2D eigenvalue weighted by atomic mass is 9.83. The van der Waals surface area contributed by atoms with Crippen molar-refractivity contribution in [1.82, 2.24) is 10.3 Å². The summed E-state index contributed by atoms with van der Waals surface area (Å²) in [7, 11) is 4.30. The second kappa shape index (κ2) is 6.75. The fourth-order valence-corrected chi connectivity index (χ4v) is 4.16. The lowest BCUT2D eigenvalue weighted by Crippen LogP contribution is -2.60. The van der Waals surface area contributed by atoms with Gasteiger partial charge in [0, 0.05) is 21.1 Å². The van der Waals surface area contributed by atoms with Gasteiger partial charge in [-0.15, -0.1) is 0 Å². The van der Waals surface area contributed by atoms with E-state index in [0.717, 1.165) is 21.5 Å². The van der Waals surface area contributed by atoms with Crippen LogP contribution in [0.2, 0.25) is 5.02 Å². The van der Waals surface area contributed by atoms with Crippen LogP contribution in [-0.2, 0) is 6.42 Å². The van der Waals surface area contributed by atoms with E-state index in [9.17, 15) is 0 Å². The first kappa shape index (κ1) is 16.2. The first-order valence-corrected chi connectivity index (χ1v) is 8.24. The number of benzene rings is 1. The van der Waals surface area contributed by atoms with Crippen molar-refractivity contribution < 1.29 is 0 Å². The molecule has 5 heteroatoms. The van der Waals surface area contributed by atoms with Crippen LogP contribution in [-0.4, -0.2) is 30.6 Å². The number of nitrogens with two attached hydrogens (primary N) is 1. The molecule has 1 aliphatic rings. The molecule has 1 saturated carbocycles. The van der Waals surface area contributed by atoms with Gasteiger partial charge in [-0.1, -0.05) is 46.4 Å². The number of halogens is 2. The maximum atomic E-state index is 6.35. The molecule has 0 aromatic heterocycles. The molecule has 0 bridgehead atoms. The number of nitrogens with zero attached hydrogens (tertiary/aromatic N) is 1. The molecule has 1 fully saturated rings. The summed E-state index contributed by atoms with van der Waals surface area (Å²) in [5.41, 5.74) is 4.32. The van der Waals surface area contributed by atoms with Crippen LogP contribution >= 0.6 is 27.5 Å². The fourth-order valence-electron chi connectivity index (χ4n) is 3.41. The Hall–Kier alpha value is -0.130. The number of rotatable bonds is 5. The van der Waals surface area contributed by atoms with Crippen molar-refractivity contribution >= 4 is 27.5 Å².